The van der Waals surface area contributed by atoms with Gasteiger partial charge >= 0.3 is 0 Å². The molecule has 3 heteroatoms. The number of hydrogen-bond donors (Lipinski definition) is 0. The van der Waals surface area contributed by atoms with Gasteiger partial charge in [-0.2, -0.15) is 0 Å². The van der Waals surface area contributed by atoms with Gasteiger partial charge in [0.05, 0.1) is 24.4 Å². The molecule has 2 atom stereocenters. The SMILES string of the molecule is Brc1ccccc1N1CC2CC1CO2. The Bertz CT molecular complexity index is 355. The molecule has 14 heavy (non-hydrogen) atoms. The number of anilines is 1. The Morgan fingerprint density at radius 2 is 2.21 bits per heavy atom. The first-order chi connectivity index (χ1) is 6.84. The maximum atomic E-state index is 5.59. The minimum atomic E-state index is 0.465. The van der Waals surface area contributed by atoms with E-state index >= 15 is 0 Å². The van der Waals surface area contributed by atoms with Crippen molar-refractivity contribution >= 4 is 21.6 Å². The standard InChI is InChI=1S/C11H12BrNO/c12-10-3-1-2-4-11(10)13-6-9-5-8(13)7-14-9/h1-4,8-9H,5-7H2. The number of rotatable bonds is 1. The van der Waals surface area contributed by atoms with Gasteiger partial charge < -0.3 is 9.64 Å². The van der Waals surface area contributed by atoms with Crippen LogP contribution in [0.1, 0.15) is 6.42 Å². The van der Waals surface area contributed by atoms with Gasteiger partial charge in [0.2, 0.25) is 0 Å². The highest BCUT2D eigenvalue weighted by Crippen LogP contribution is 2.36. The first-order valence-electron chi connectivity index (χ1n) is 4.97. The Morgan fingerprint density at radius 1 is 1.36 bits per heavy atom. The summed E-state index contributed by atoms with van der Waals surface area (Å²) in [6.45, 7) is 1.94. The molecule has 2 unspecified atom stereocenters. The zero-order chi connectivity index (χ0) is 9.54. The second kappa shape index (κ2) is 3.24. The summed E-state index contributed by atoms with van der Waals surface area (Å²) in [5.74, 6) is 0. The summed E-state index contributed by atoms with van der Waals surface area (Å²) >= 11 is 3.60. The van der Waals surface area contributed by atoms with Crippen molar-refractivity contribution in [1.82, 2.24) is 0 Å². The van der Waals surface area contributed by atoms with Gasteiger partial charge in [0.15, 0.2) is 0 Å². The molecule has 1 aromatic carbocycles. The highest BCUT2D eigenvalue weighted by atomic mass is 79.9. The van der Waals surface area contributed by atoms with Crippen LogP contribution in [0.4, 0.5) is 5.69 Å². The van der Waals surface area contributed by atoms with Gasteiger partial charge in [0.1, 0.15) is 0 Å². The molecule has 0 radical (unpaired) electrons. The molecule has 2 aliphatic heterocycles. The maximum absolute atomic E-state index is 5.59. The highest BCUT2D eigenvalue weighted by Gasteiger charge is 2.39. The van der Waals surface area contributed by atoms with Crippen molar-refractivity contribution < 1.29 is 4.74 Å². The number of morpholine rings is 1. The monoisotopic (exact) mass is 253 g/mol. The molecule has 0 amide bonds. The molecule has 2 saturated heterocycles. The van der Waals surface area contributed by atoms with Gasteiger partial charge in [-0.05, 0) is 34.5 Å². The third-order valence-corrected chi connectivity index (χ3v) is 3.73. The van der Waals surface area contributed by atoms with Crippen LogP contribution in [0.5, 0.6) is 0 Å². The zero-order valence-corrected chi connectivity index (χ0v) is 9.40. The molecule has 1 aromatic rings. The lowest BCUT2D eigenvalue weighted by atomic mass is 10.2. The number of hydrogen-bond acceptors (Lipinski definition) is 2. The largest absolute Gasteiger partial charge is 0.374 e. The third-order valence-electron chi connectivity index (χ3n) is 3.06. The number of fused-ring (bicyclic) bond motifs is 2. The van der Waals surface area contributed by atoms with E-state index in [1.807, 2.05) is 0 Å². The van der Waals surface area contributed by atoms with Crippen LogP contribution in [-0.4, -0.2) is 25.3 Å². The van der Waals surface area contributed by atoms with E-state index in [1.54, 1.807) is 0 Å². The Kier molecular flexibility index (Phi) is 2.03. The van der Waals surface area contributed by atoms with Crippen molar-refractivity contribution in [2.45, 2.75) is 18.6 Å². The molecule has 0 N–H and O–H groups in total. The van der Waals surface area contributed by atoms with E-state index in [4.69, 9.17) is 4.74 Å². The van der Waals surface area contributed by atoms with Crippen LogP contribution < -0.4 is 4.90 Å². The van der Waals surface area contributed by atoms with Crippen LogP contribution in [0.15, 0.2) is 28.7 Å². The second-order valence-electron chi connectivity index (χ2n) is 3.95. The molecule has 2 aliphatic rings. The molecule has 2 heterocycles. The van der Waals surface area contributed by atoms with Crippen molar-refractivity contribution in [2.75, 3.05) is 18.1 Å². The summed E-state index contributed by atoms with van der Waals surface area (Å²) in [5, 5.41) is 0. The van der Waals surface area contributed by atoms with Crippen LogP contribution in [0.2, 0.25) is 0 Å². The molecule has 2 bridgehead atoms. The van der Waals surface area contributed by atoms with E-state index in [2.05, 4.69) is 45.1 Å². The van der Waals surface area contributed by atoms with Crippen molar-refractivity contribution in [1.29, 1.82) is 0 Å². The van der Waals surface area contributed by atoms with E-state index in [0.29, 0.717) is 12.1 Å². The minimum Gasteiger partial charge on any atom is -0.374 e. The quantitative estimate of drug-likeness (QED) is 0.763. The fraction of sp³-hybridized carbons (Fsp3) is 0.455. The molecule has 3 rings (SSSR count). The Hall–Kier alpha value is -0.540. The smallest absolute Gasteiger partial charge is 0.0771 e. The van der Waals surface area contributed by atoms with Crippen LogP contribution in [-0.2, 0) is 4.74 Å². The molecule has 74 valence electrons. The number of benzene rings is 1. The number of para-hydroxylation sites is 1. The first-order valence-corrected chi connectivity index (χ1v) is 5.76. The summed E-state index contributed by atoms with van der Waals surface area (Å²) in [7, 11) is 0. The van der Waals surface area contributed by atoms with E-state index in [0.717, 1.165) is 13.2 Å². The van der Waals surface area contributed by atoms with Gasteiger partial charge in [-0.25, -0.2) is 0 Å². The summed E-state index contributed by atoms with van der Waals surface area (Å²) in [6.07, 6.45) is 1.66. The number of halogens is 1. The predicted octanol–water partition coefficient (Wildman–Crippen LogP) is 2.43. The van der Waals surface area contributed by atoms with E-state index < -0.39 is 0 Å². The van der Waals surface area contributed by atoms with Gasteiger partial charge in [0, 0.05) is 11.0 Å². The molecule has 0 aliphatic carbocycles. The normalized spacial score (nSPS) is 29.9. The summed E-state index contributed by atoms with van der Waals surface area (Å²) < 4.78 is 6.77. The van der Waals surface area contributed by atoms with Crippen molar-refractivity contribution in [3.05, 3.63) is 28.7 Å². The van der Waals surface area contributed by atoms with Gasteiger partial charge in [-0.1, -0.05) is 12.1 Å². The Balaban J connectivity index is 1.93. The lowest BCUT2D eigenvalue weighted by Crippen LogP contribution is -2.37. The van der Waals surface area contributed by atoms with E-state index in [1.165, 1.54) is 16.6 Å². The van der Waals surface area contributed by atoms with Crippen LogP contribution in [0.3, 0.4) is 0 Å². The predicted molar refractivity (Wildman–Crippen MR) is 59.6 cm³/mol. The van der Waals surface area contributed by atoms with Gasteiger partial charge in [-0.15, -0.1) is 0 Å². The molecular formula is C11H12BrNO. The third kappa shape index (κ3) is 1.27. The molecule has 0 saturated carbocycles. The Labute approximate surface area is 92.0 Å². The van der Waals surface area contributed by atoms with Gasteiger partial charge in [-0.3, -0.25) is 0 Å². The number of ether oxygens (including phenoxy) is 1. The topological polar surface area (TPSA) is 12.5 Å². The summed E-state index contributed by atoms with van der Waals surface area (Å²) in [6, 6.07) is 9.01. The lowest BCUT2D eigenvalue weighted by Gasteiger charge is -2.29. The maximum Gasteiger partial charge on any atom is 0.0771 e. The molecule has 0 aromatic heterocycles. The van der Waals surface area contributed by atoms with Crippen LogP contribution in [0.25, 0.3) is 0 Å². The summed E-state index contributed by atoms with van der Waals surface area (Å²) in [4.78, 5) is 2.46. The fourth-order valence-electron chi connectivity index (χ4n) is 2.38. The second-order valence-corrected chi connectivity index (χ2v) is 4.80. The van der Waals surface area contributed by atoms with Crippen LogP contribution in [0, 0.1) is 0 Å². The van der Waals surface area contributed by atoms with E-state index in [-0.39, 0.29) is 0 Å². The zero-order valence-electron chi connectivity index (χ0n) is 7.82. The molecule has 2 nitrogen and oxygen atoms in total. The first kappa shape index (κ1) is 8.74. The average Bonchev–Trinajstić information content (AvgIpc) is 2.79. The minimum absolute atomic E-state index is 0.465. The van der Waals surface area contributed by atoms with Crippen molar-refractivity contribution in [3.63, 3.8) is 0 Å². The molecular weight excluding hydrogens is 242 g/mol. The van der Waals surface area contributed by atoms with E-state index in [9.17, 15) is 0 Å². The lowest BCUT2D eigenvalue weighted by molar-refractivity contribution is 0.0991. The Morgan fingerprint density at radius 3 is 2.86 bits per heavy atom. The highest BCUT2D eigenvalue weighted by molar-refractivity contribution is 9.10. The fourth-order valence-corrected chi connectivity index (χ4v) is 2.89. The number of nitrogens with zero attached hydrogens (tertiary/aromatic N) is 1. The van der Waals surface area contributed by atoms with Gasteiger partial charge in [0.25, 0.3) is 0 Å². The molecule has 0 spiro atoms. The summed E-state index contributed by atoms with van der Waals surface area (Å²) in [5.41, 5.74) is 1.31. The van der Waals surface area contributed by atoms with Crippen molar-refractivity contribution in [2.24, 2.45) is 0 Å². The molecule has 2 fully saturated rings. The van der Waals surface area contributed by atoms with Crippen LogP contribution >= 0.6 is 15.9 Å². The average molecular weight is 254 g/mol. The van der Waals surface area contributed by atoms with Crippen molar-refractivity contribution in [3.8, 4) is 0 Å².